The van der Waals surface area contributed by atoms with Gasteiger partial charge in [0.25, 0.3) is 0 Å². The molecule has 22 heavy (non-hydrogen) atoms. The molecule has 0 amide bonds. The van der Waals surface area contributed by atoms with E-state index >= 15 is 0 Å². The van der Waals surface area contributed by atoms with Gasteiger partial charge in [0.1, 0.15) is 6.07 Å². The van der Waals surface area contributed by atoms with Crippen LogP contribution < -0.4 is 0 Å². The van der Waals surface area contributed by atoms with Gasteiger partial charge in [0, 0.05) is 25.4 Å². The van der Waals surface area contributed by atoms with E-state index in [0.717, 1.165) is 19.3 Å². The van der Waals surface area contributed by atoms with Crippen molar-refractivity contribution >= 4 is 11.6 Å². The summed E-state index contributed by atoms with van der Waals surface area (Å²) in [5.41, 5.74) is 1.65. The topological polar surface area (TPSA) is 50.8 Å². The zero-order valence-electron chi connectivity index (χ0n) is 12.1. The van der Waals surface area contributed by atoms with Crippen molar-refractivity contribution in [3.8, 4) is 17.3 Å². The fraction of sp³-hybridized carbons (Fsp3) is 0.375. The number of nitrogens with zero attached hydrogens (tertiary/aromatic N) is 3. The van der Waals surface area contributed by atoms with Crippen LogP contribution in [0.1, 0.15) is 36.5 Å². The van der Waals surface area contributed by atoms with E-state index in [0.29, 0.717) is 17.9 Å². The summed E-state index contributed by atoms with van der Waals surface area (Å²) in [6, 6.07) is 5.31. The van der Waals surface area contributed by atoms with Crippen LogP contribution in [-0.4, -0.2) is 16.4 Å². The van der Waals surface area contributed by atoms with Crippen molar-refractivity contribution in [1.82, 2.24) is 9.78 Å². The lowest BCUT2D eigenvalue weighted by Gasteiger charge is -2.25. The standard InChI is InChI=1S/C16H15ClFN3O/c1-21-13(5-6-20-21)15-11(9-19)10(8-12(17)16(15)18)14-4-2-3-7-22-14/h5-6,8,14H,2-4,7H2,1H3. The Kier molecular flexibility index (Phi) is 4.14. The molecule has 0 radical (unpaired) electrons. The van der Waals surface area contributed by atoms with E-state index in [1.807, 2.05) is 0 Å². The maximum atomic E-state index is 14.6. The molecule has 2 heterocycles. The fourth-order valence-corrected chi connectivity index (χ4v) is 3.08. The first-order chi connectivity index (χ1) is 10.6. The molecule has 3 rings (SSSR count). The number of hydrogen-bond donors (Lipinski definition) is 0. The van der Waals surface area contributed by atoms with Gasteiger partial charge < -0.3 is 4.74 Å². The van der Waals surface area contributed by atoms with E-state index in [4.69, 9.17) is 16.3 Å². The van der Waals surface area contributed by atoms with Gasteiger partial charge in [-0.1, -0.05) is 11.6 Å². The predicted molar refractivity (Wildman–Crippen MR) is 80.9 cm³/mol. The number of aromatic nitrogens is 2. The minimum absolute atomic E-state index is 0.000580. The monoisotopic (exact) mass is 319 g/mol. The molecule has 0 N–H and O–H groups in total. The van der Waals surface area contributed by atoms with Crippen LogP contribution >= 0.6 is 11.6 Å². The highest BCUT2D eigenvalue weighted by molar-refractivity contribution is 6.31. The second kappa shape index (κ2) is 6.07. The quantitative estimate of drug-likeness (QED) is 0.841. The smallest absolute Gasteiger partial charge is 0.152 e. The van der Waals surface area contributed by atoms with Crippen molar-refractivity contribution < 1.29 is 9.13 Å². The Labute approximate surface area is 133 Å². The average molecular weight is 320 g/mol. The van der Waals surface area contributed by atoms with Gasteiger partial charge >= 0.3 is 0 Å². The third kappa shape index (κ3) is 2.49. The Morgan fingerprint density at radius 2 is 2.32 bits per heavy atom. The number of hydrogen-bond acceptors (Lipinski definition) is 3. The second-order valence-electron chi connectivity index (χ2n) is 5.32. The minimum Gasteiger partial charge on any atom is -0.373 e. The average Bonchev–Trinajstić information content (AvgIpc) is 2.96. The normalized spacial score (nSPS) is 18.2. The highest BCUT2D eigenvalue weighted by Crippen LogP contribution is 2.39. The minimum atomic E-state index is -0.596. The lowest BCUT2D eigenvalue weighted by atomic mass is 9.92. The van der Waals surface area contributed by atoms with Crippen LogP contribution in [0.3, 0.4) is 0 Å². The zero-order valence-corrected chi connectivity index (χ0v) is 12.9. The molecule has 1 aliphatic rings. The van der Waals surface area contributed by atoms with Gasteiger partial charge in [-0.2, -0.15) is 10.4 Å². The Balaban J connectivity index is 2.23. The molecule has 0 spiro atoms. The van der Waals surface area contributed by atoms with Gasteiger partial charge in [0.2, 0.25) is 0 Å². The van der Waals surface area contributed by atoms with Crippen LogP contribution in [0.5, 0.6) is 0 Å². The Hall–Kier alpha value is -1.90. The second-order valence-corrected chi connectivity index (χ2v) is 5.73. The van der Waals surface area contributed by atoms with Gasteiger partial charge in [0.15, 0.2) is 5.82 Å². The number of rotatable bonds is 2. The Morgan fingerprint density at radius 1 is 1.50 bits per heavy atom. The number of nitriles is 1. The highest BCUT2D eigenvalue weighted by atomic mass is 35.5. The van der Waals surface area contributed by atoms with E-state index < -0.39 is 5.82 Å². The van der Waals surface area contributed by atoms with Crippen LogP contribution in [0.15, 0.2) is 18.3 Å². The summed E-state index contributed by atoms with van der Waals surface area (Å²) in [6.45, 7) is 0.644. The third-order valence-corrected chi connectivity index (χ3v) is 4.24. The number of halogens is 2. The van der Waals surface area contributed by atoms with Crippen LogP contribution in [0.25, 0.3) is 11.3 Å². The molecule has 6 heteroatoms. The van der Waals surface area contributed by atoms with Gasteiger partial charge in [-0.05, 0) is 31.4 Å². The van der Waals surface area contributed by atoms with E-state index in [9.17, 15) is 9.65 Å². The molecule has 0 bridgehead atoms. The molecule has 0 saturated carbocycles. The molecule has 1 fully saturated rings. The molecule has 4 nitrogen and oxygen atoms in total. The molecule has 1 aliphatic heterocycles. The maximum Gasteiger partial charge on any atom is 0.152 e. The summed E-state index contributed by atoms with van der Waals surface area (Å²) in [4.78, 5) is 0. The molecule has 1 unspecified atom stereocenters. The number of benzene rings is 1. The van der Waals surface area contributed by atoms with Gasteiger partial charge in [0.05, 0.1) is 27.9 Å². The molecule has 114 valence electrons. The molecule has 1 aromatic heterocycles. The lowest BCUT2D eigenvalue weighted by Crippen LogP contribution is -2.14. The summed E-state index contributed by atoms with van der Waals surface area (Å²) in [7, 11) is 1.70. The van der Waals surface area contributed by atoms with Crippen LogP contribution in [0.4, 0.5) is 4.39 Å². The highest BCUT2D eigenvalue weighted by Gasteiger charge is 2.26. The third-order valence-electron chi connectivity index (χ3n) is 3.97. The van der Waals surface area contributed by atoms with Crippen LogP contribution in [0, 0.1) is 17.1 Å². The van der Waals surface area contributed by atoms with Crippen LogP contribution in [-0.2, 0) is 11.8 Å². The van der Waals surface area contributed by atoms with Gasteiger partial charge in [-0.25, -0.2) is 4.39 Å². The summed E-state index contributed by atoms with van der Waals surface area (Å²) >= 11 is 6.07. The van der Waals surface area contributed by atoms with Gasteiger partial charge in [-0.15, -0.1) is 0 Å². The van der Waals surface area contributed by atoms with Crippen molar-refractivity contribution in [2.75, 3.05) is 6.61 Å². The van der Waals surface area contributed by atoms with Crippen molar-refractivity contribution in [3.05, 3.63) is 40.3 Å². The molecular weight excluding hydrogens is 305 g/mol. The number of ether oxygens (including phenoxy) is 1. The van der Waals surface area contributed by atoms with E-state index in [2.05, 4.69) is 11.2 Å². The summed E-state index contributed by atoms with van der Waals surface area (Å²) in [6.07, 6.45) is 4.18. The first-order valence-corrected chi connectivity index (χ1v) is 7.53. The molecular formula is C16H15ClFN3O. The zero-order chi connectivity index (χ0) is 15.7. The molecule has 1 atom stereocenters. The first kappa shape index (κ1) is 15.0. The van der Waals surface area contributed by atoms with E-state index in [-0.39, 0.29) is 22.3 Å². The molecule has 1 aromatic carbocycles. The van der Waals surface area contributed by atoms with Crippen molar-refractivity contribution in [3.63, 3.8) is 0 Å². The fourth-order valence-electron chi connectivity index (χ4n) is 2.87. The summed E-state index contributed by atoms with van der Waals surface area (Å²) in [5, 5.41) is 13.6. The summed E-state index contributed by atoms with van der Waals surface area (Å²) < 4.78 is 21.9. The first-order valence-electron chi connectivity index (χ1n) is 7.15. The van der Waals surface area contributed by atoms with Crippen molar-refractivity contribution in [2.45, 2.75) is 25.4 Å². The molecule has 2 aromatic rings. The summed E-state index contributed by atoms with van der Waals surface area (Å²) in [5.74, 6) is -0.596. The number of aryl methyl sites for hydroxylation is 1. The van der Waals surface area contributed by atoms with E-state index in [1.54, 1.807) is 19.3 Å². The molecule has 1 saturated heterocycles. The maximum absolute atomic E-state index is 14.6. The Bertz CT molecular complexity index is 745. The lowest BCUT2D eigenvalue weighted by molar-refractivity contribution is 0.0148. The predicted octanol–water partition coefficient (Wildman–Crippen LogP) is 3.99. The van der Waals surface area contributed by atoms with Gasteiger partial charge in [-0.3, -0.25) is 4.68 Å². The molecule has 0 aliphatic carbocycles. The van der Waals surface area contributed by atoms with Crippen molar-refractivity contribution in [2.24, 2.45) is 7.05 Å². The van der Waals surface area contributed by atoms with Crippen LogP contribution in [0.2, 0.25) is 5.02 Å². The largest absolute Gasteiger partial charge is 0.373 e. The van der Waals surface area contributed by atoms with Crippen molar-refractivity contribution in [1.29, 1.82) is 5.26 Å². The van der Waals surface area contributed by atoms with E-state index in [1.165, 1.54) is 10.7 Å². The Morgan fingerprint density at radius 3 is 2.91 bits per heavy atom. The SMILES string of the molecule is Cn1nccc1-c1c(F)c(Cl)cc(C2CCCCO2)c1C#N.